The van der Waals surface area contributed by atoms with Crippen molar-refractivity contribution in [2.24, 2.45) is 0 Å². The smallest absolute Gasteiger partial charge is 0.387 e. The molecule has 24 heavy (non-hydrogen) atoms. The summed E-state index contributed by atoms with van der Waals surface area (Å²) in [5.74, 6) is 0.128. The van der Waals surface area contributed by atoms with Gasteiger partial charge in [-0.05, 0) is 34.1 Å². The van der Waals surface area contributed by atoms with Crippen LogP contribution < -0.4 is 4.74 Å². The van der Waals surface area contributed by atoms with Crippen LogP contribution in [0.4, 0.5) is 8.78 Å². The fourth-order valence-electron chi connectivity index (χ4n) is 2.24. The van der Waals surface area contributed by atoms with E-state index in [0.29, 0.717) is 26.7 Å². The maximum Gasteiger partial charge on any atom is 0.387 e. The maximum atomic E-state index is 12.5. The highest BCUT2D eigenvalue weighted by atomic mass is 79.9. The van der Waals surface area contributed by atoms with Gasteiger partial charge in [0, 0.05) is 16.1 Å². The van der Waals surface area contributed by atoms with Crippen LogP contribution in [0, 0.1) is 11.3 Å². The summed E-state index contributed by atoms with van der Waals surface area (Å²) in [6, 6.07) is 10.1. The van der Waals surface area contributed by atoms with Gasteiger partial charge in [-0.3, -0.25) is 0 Å². The molecule has 0 aliphatic rings. The molecule has 3 rings (SSSR count). The second-order valence-electron chi connectivity index (χ2n) is 4.73. The number of oxazole rings is 1. The standard InChI is InChI=1S/C16H8BrClF2N2O2/c17-11-3-1-2-9(10(11)7-21)15-22-12-4-8(6-18)13(24-16(19)20)5-14(12)23-15/h1-5,16H,6H2. The van der Waals surface area contributed by atoms with Gasteiger partial charge in [0.15, 0.2) is 5.58 Å². The van der Waals surface area contributed by atoms with Crippen LogP contribution in [0.25, 0.3) is 22.6 Å². The number of ether oxygens (including phenoxy) is 1. The maximum absolute atomic E-state index is 12.5. The van der Waals surface area contributed by atoms with Gasteiger partial charge in [-0.1, -0.05) is 6.07 Å². The van der Waals surface area contributed by atoms with Crippen LogP contribution in [0.1, 0.15) is 11.1 Å². The van der Waals surface area contributed by atoms with E-state index in [0.717, 1.165) is 0 Å². The lowest BCUT2D eigenvalue weighted by atomic mass is 10.1. The topological polar surface area (TPSA) is 59.0 Å². The van der Waals surface area contributed by atoms with Crippen molar-refractivity contribution in [2.75, 3.05) is 0 Å². The Morgan fingerprint density at radius 3 is 2.83 bits per heavy atom. The van der Waals surface area contributed by atoms with Crippen LogP contribution in [0.3, 0.4) is 0 Å². The third-order valence-electron chi connectivity index (χ3n) is 3.29. The number of hydrogen-bond donors (Lipinski definition) is 0. The Labute approximate surface area is 148 Å². The Morgan fingerprint density at radius 1 is 1.38 bits per heavy atom. The van der Waals surface area contributed by atoms with Gasteiger partial charge in [-0.25, -0.2) is 4.98 Å². The molecule has 122 valence electrons. The monoisotopic (exact) mass is 412 g/mol. The molecular formula is C16H8BrClF2N2O2. The highest BCUT2D eigenvalue weighted by molar-refractivity contribution is 9.10. The van der Waals surface area contributed by atoms with E-state index in [1.54, 1.807) is 18.2 Å². The molecule has 0 atom stereocenters. The highest BCUT2D eigenvalue weighted by Crippen LogP contribution is 2.34. The van der Waals surface area contributed by atoms with Crippen molar-refractivity contribution in [3.8, 4) is 23.3 Å². The second-order valence-corrected chi connectivity index (χ2v) is 5.85. The van der Waals surface area contributed by atoms with Crippen molar-refractivity contribution in [1.29, 1.82) is 5.26 Å². The molecule has 4 nitrogen and oxygen atoms in total. The number of alkyl halides is 3. The molecule has 0 radical (unpaired) electrons. The van der Waals surface area contributed by atoms with Crippen molar-refractivity contribution < 1.29 is 17.9 Å². The normalized spacial score (nSPS) is 11.0. The van der Waals surface area contributed by atoms with Gasteiger partial charge in [0.05, 0.1) is 17.0 Å². The molecule has 1 aromatic heterocycles. The average Bonchev–Trinajstić information content (AvgIpc) is 2.95. The van der Waals surface area contributed by atoms with Crippen molar-refractivity contribution in [3.05, 3.63) is 45.9 Å². The van der Waals surface area contributed by atoms with E-state index in [2.05, 4.69) is 31.7 Å². The first-order valence-corrected chi connectivity index (χ1v) is 7.99. The molecule has 0 amide bonds. The molecular weight excluding hydrogens is 406 g/mol. The van der Waals surface area contributed by atoms with Crippen LogP contribution in [0.2, 0.25) is 0 Å². The number of rotatable bonds is 4. The third kappa shape index (κ3) is 3.07. The summed E-state index contributed by atoms with van der Waals surface area (Å²) < 4.78 is 35.7. The summed E-state index contributed by atoms with van der Waals surface area (Å²) in [6.45, 7) is -2.97. The Balaban J connectivity index is 2.16. The molecule has 0 saturated heterocycles. The largest absolute Gasteiger partial charge is 0.436 e. The minimum Gasteiger partial charge on any atom is -0.436 e. The average molecular weight is 414 g/mol. The summed E-state index contributed by atoms with van der Waals surface area (Å²) in [4.78, 5) is 4.32. The first-order valence-electron chi connectivity index (χ1n) is 6.66. The van der Waals surface area contributed by atoms with Crippen LogP contribution in [0.5, 0.6) is 5.75 Å². The summed E-state index contributed by atoms with van der Waals surface area (Å²) in [5, 5.41) is 9.29. The van der Waals surface area contributed by atoms with Gasteiger partial charge in [0.2, 0.25) is 5.89 Å². The third-order valence-corrected chi connectivity index (χ3v) is 4.24. The molecule has 0 aliphatic heterocycles. The molecule has 1 heterocycles. The van der Waals surface area contributed by atoms with E-state index in [1.165, 1.54) is 12.1 Å². The zero-order valence-electron chi connectivity index (χ0n) is 11.9. The first-order chi connectivity index (χ1) is 11.5. The van der Waals surface area contributed by atoms with Gasteiger partial charge in [-0.2, -0.15) is 14.0 Å². The Morgan fingerprint density at radius 2 is 2.17 bits per heavy atom. The number of aromatic nitrogens is 1. The predicted molar refractivity (Wildman–Crippen MR) is 88.0 cm³/mol. The number of fused-ring (bicyclic) bond motifs is 1. The van der Waals surface area contributed by atoms with Gasteiger partial charge in [0.25, 0.3) is 0 Å². The SMILES string of the molecule is N#Cc1c(Br)cccc1-c1nc2cc(CCl)c(OC(F)F)cc2o1. The number of benzene rings is 2. The van der Waals surface area contributed by atoms with Gasteiger partial charge in [-0.15, -0.1) is 11.6 Å². The molecule has 0 aliphatic carbocycles. The lowest BCUT2D eigenvalue weighted by Gasteiger charge is -2.07. The van der Waals surface area contributed by atoms with Crippen LogP contribution in [-0.4, -0.2) is 11.6 Å². The molecule has 0 saturated carbocycles. The van der Waals surface area contributed by atoms with E-state index < -0.39 is 6.61 Å². The molecule has 0 unspecified atom stereocenters. The van der Waals surface area contributed by atoms with E-state index in [4.69, 9.17) is 16.0 Å². The predicted octanol–water partition coefficient (Wildman–Crippen LogP) is 5.47. The van der Waals surface area contributed by atoms with Crippen molar-refractivity contribution >= 4 is 38.6 Å². The molecule has 0 bridgehead atoms. The lowest BCUT2D eigenvalue weighted by molar-refractivity contribution is -0.0502. The van der Waals surface area contributed by atoms with Crippen LogP contribution in [0.15, 0.2) is 39.2 Å². The van der Waals surface area contributed by atoms with E-state index in [-0.39, 0.29) is 23.1 Å². The highest BCUT2D eigenvalue weighted by Gasteiger charge is 2.17. The van der Waals surface area contributed by atoms with Gasteiger partial charge in [0.1, 0.15) is 17.3 Å². The van der Waals surface area contributed by atoms with E-state index >= 15 is 0 Å². The number of nitrogens with zero attached hydrogens (tertiary/aromatic N) is 2. The second kappa shape index (κ2) is 6.75. The first kappa shape index (κ1) is 16.7. The minimum absolute atomic E-state index is 0.0134. The number of hydrogen-bond acceptors (Lipinski definition) is 4. The fraction of sp³-hybridized carbons (Fsp3) is 0.125. The summed E-state index contributed by atoms with van der Waals surface area (Å²) >= 11 is 9.07. The minimum atomic E-state index is -2.97. The Bertz CT molecular complexity index is 953. The molecule has 8 heteroatoms. The number of nitriles is 1. The summed E-state index contributed by atoms with van der Waals surface area (Å²) in [5.41, 5.74) is 1.93. The number of halogens is 4. The molecule has 2 aromatic carbocycles. The van der Waals surface area contributed by atoms with E-state index in [1.807, 2.05) is 0 Å². The van der Waals surface area contributed by atoms with Crippen LogP contribution in [-0.2, 0) is 5.88 Å². The molecule has 0 spiro atoms. The zero-order valence-corrected chi connectivity index (χ0v) is 14.2. The van der Waals surface area contributed by atoms with E-state index in [9.17, 15) is 14.0 Å². The Hall–Kier alpha value is -2.17. The quantitative estimate of drug-likeness (QED) is 0.532. The van der Waals surface area contributed by atoms with Gasteiger partial charge >= 0.3 is 6.61 Å². The van der Waals surface area contributed by atoms with Crippen molar-refractivity contribution in [2.45, 2.75) is 12.5 Å². The van der Waals surface area contributed by atoms with Crippen molar-refractivity contribution in [3.63, 3.8) is 0 Å². The summed E-state index contributed by atoms with van der Waals surface area (Å²) in [7, 11) is 0. The summed E-state index contributed by atoms with van der Waals surface area (Å²) in [6.07, 6.45) is 0. The molecule has 3 aromatic rings. The van der Waals surface area contributed by atoms with Crippen molar-refractivity contribution in [1.82, 2.24) is 4.98 Å². The van der Waals surface area contributed by atoms with Gasteiger partial charge < -0.3 is 9.15 Å². The molecule has 0 N–H and O–H groups in total. The van der Waals surface area contributed by atoms with Crippen LogP contribution >= 0.6 is 27.5 Å². The fourth-order valence-corrected chi connectivity index (χ4v) is 2.90. The zero-order chi connectivity index (χ0) is 17.3. The lowest BCUT2D eigenvalue weighted by Crippen LogP contribution is -2.03. The molecule has 0 fully saturated rings. The Kier molecular flexibility index (Phi) is 4.69.